The van der Waals surface area contributed by atoms with Crippen LogP contribution in [0.5, 0.6) is 0 Å². The summed E-state index contributed by atoms with van der Waals surface area (Å²) in [6.07, 6.45) is 3.94. The Morgan fingerprint density at radius 2 is 1.70 bits per heavy atom. The molecule has 6 heteroatoms. The number of rotatable bonds is 9. The minimum Gasteiger partial charge on any atom is -0.350 e. The summed E-state index contributed by atoms with van der Waals surface area (Å²) >= 11 is 0. The Bertz CT molecular complexity index is 894. The van der Waals surface area contributed by atoms with Gasteiger partial charge in [0.2, 0.25) is 11.8 Å². The molecular weight excluding hydrogens is 378 g/mol. The van der Waals surface area contributed by atoms with Gasteiger partial charge in [-0.25, -0.2) is 0 Å². The van der Waals surface area contributed by atoms with Crippen LogP contribution in [-0.4, -0.2) is 29.8 Å². The van der Waals surface area contributed by atoms with E-state index in [4.69, 9.17) is 0 Å². The Morgan fingerprint density at radius 3 is 2.40 bits per heavy atom. The molecule has 0 radical (unpaired) electrons. The molecule has 2 unspecified atom stereocenters. The Balaban J connectivity index is 1.84. The van der Waals surface area contributed by atoms with Crippen molar-refractivity contribution in [3.63, 3.8) is 0 Å². The third-order valence-corrected chi connectivity index (χ3v) is 4.62. The van der Waals surface area contributed by atoms with E-state index in [1.165, 1.54) is 6.08 Å². The summed E-state index contributed by atoms with van der Waals surface area (Å²) < 4.78 is 0. The van der Waals surface area contributed by atoms with Crippen molar-refractivity contribution in [3.8, 4) is 0 Å². The smallest absolute Gasteiger partial charge is 0.251 e. The summed E-state index contributed by atoms with van der Waals surface area (Å²) in [4.78, 5) is 36.6. The molecule has 6 nitrogen and oxygen atoms in total. The molecule has 0 aromatic heterocycles. The zero-order chi connectivity index (χ0) is 21.9. The molecule has 2 aromatic carbocycles. The van der Waals surface area contributed by atoms with Crippen LogP contribution in [0.15, 0.2) is 60.7 Å². The molecule has 0 spiro atoms. The monoisotopic (exact) mass is 407 g/mol. The van der Waals surface area contributed by atoms with E-state index in [0.717, 1.165) is 17.5 Å². The molecule has 0 fully saturated rings. The molecule has 3 N–H and O–H groups in total. The van der Waals surface area contributed by atoms with Crippen LogP contribution in [0.2, 0.25) is 0 Å². The molecule has 158 valence electrons. The SMILES string of the molecule is CCC(C)NC(=O)c1cccc(CNC(=O)C(C)NC(=O)/C=C/c2ccccc2)c1. The van der Waals surface area contributed by atoms with Gasteiger partial charge in [-0.15, -0.1) is 0 Å². The third kappa shape index (κ3) is 7.54. The van der Waals surface area contributed by atoms with Gasteiger partial charge < -0.3 is 16.0 Å². The highest BCUT2D eigenvalue weighted by molar-refractivity contribution is 5.95. The minimum absolute atomic E-state index is 0.0984. The summed E-state index contributed by atoms with van der Waals surface area (Å²) in [5, 5.41) is 8.35. The maximum Gasteiger partial charge on any atom is 0.251 e. The van der Waals surface area contributed by atoms with E-state index in [-0.39, 0.29) is 30.3 Å². The van der Waals surface area contributed by atoms with Crippen LogP contribution in [0.1, 0.15) is 48.7 Å². The predicted octanol–water partition coefficient (Wildman–Crippen LogP) is 3.05. The molecule has 30 heavy (non-hydrogen) atoms. The van der Waals surface area contributed by atoms with Gasteiger partial charge in [0.15, 0.2) is 0 Å². The second kappa shape index (κ2) is 11.6. The van der Waals surface area contributed by atoms with Crippen LogP contribution in [0.25, 0.3) is 6.08 Å². The fourth-order valence-corrected chi connectivity index (χ4v) is 2.64. The molecule has 2 rings (SSSR count). The molecule has 0 saturated carbocycles. The highest BCUT2D eigenvalue weighted by Crippen LogP contribution is 2.06. The Kier molecular flexibility index (Phi) is 8.81. The van der Waals surface area contributed by atoms with E-state index in [2.05, 4.69) is 16.0 Å². The van der Waals surface area contributed by atoms with Crippen LogP contribution in [0.3, 0.4) is 0 Å². The lowest BCUT2D eigenvalue weighted by Crippen LogP contribution is -2.44. The quantitative estimate of drug-likeness (QED) is 0.559. The zero-order valence-electron chi connectivity index (χ0n) is 17.6. The van der Waals surface area contributed by atoms with Crippen molar-refractivity contribution in [3.05, 3.63) is 77.4 Å². The molecular formula is C24H29N3O3. The van der Waals surface area contributed by atoms with Crippen LogP contribution in [0.4, 0.5) is 0 Å². The molecule has 0 aliphatic carbocycles. The summed E-state index contributed by atoms with van der Waals surface area (Å²) in [7, 11) is 0. The highest BCUT2D eigenvalue weighted by Gasteiger charge is 2.14. The van der Waals surface area contributed by atoms with Crippen molar-refractivity contribution in [2.75, 3.05) is 0 Å². The average Bonchev–Trinajstić information content (AvgIpc) is 2.76. The number of benzene rings is 2. The van der Waals surface area contributed by atoms with Gasteiger partial charge in [-0.2, -0.15) is 0 Å². The fraction of sp³-hybridized carbons (Fsp3) is 0.292. The number of amides is 3. The summed E-state index contributed by atoms with van der Waals surface area (Å²) in [5.41, 5.74) is 2.26. The fourth-order valence-electron chi connectivity index (χ4n) is 2.64. The van der Waals surface area contributed by atoms with Gasteiger partial charge in [0.25, 0.3) is 5.91 Å². The normalized spacial score (nSPS) is 12.8. The lowest BCUT2D eigenvalue weighted by Gasteiger charge is -2.14. The van der Waals surface area contributed by atoms with Crippen LogP contribution in [-0.2, 0) is 16.1 Å². The topological polar surface area (TPSA) is 87.3 Å². The van der Waals surface area contributed by atoms with E-state index < -0.39 is 6.04 Å². The van der Waals surface area contributed by atoms with Crippen molar-refractivity contribution in [1.29, 1.82) is 0 Å². The second-order valence-electron chi connectivity index (χ2n) is 7.18. The summed E-state index contributed by atoms with van der Waals surface area (Å²) in [6.45, 7) is 5.85. The number of carbonyl (C=O) groups is 3. The van der Waals surface area contributed by atoms with Crippen LogP contribution in [0, 0.1) is 0 Å². The second-order valence-corrected chi connectivity index (χ2v) is 7.18. The van der Waals surface area contributed by atoms with Gasteiger partial charge in [0.05, 0.1) is 0 Å². The molecule has 2 atom stereocenters. The first-order chi connectivity index (χ1) is 14.4. The number of carbonyl (C=O) groups excluding carboxylic acids is 3. The molecule has 0 heterocycles. The van der Waals surface area contributed by atoms with E-state index >= 15 is 0 Å². The van der Waals surface area contributed by atoms with Gasteiger partial charge in [-0.3, -0.25) is 14.4 Å². The van der Waals surface area contributed by atoms with Gasteiger partial charge >= 0.3 is 0 Å². The molecule has 0 saturated heterocycles. The Morgan fingerprint density at radius 1 is 0.967 bits per heavy atom. The van der Waals surface area contributed by atoms with Gasteiger partial charge in [-0.1, -0.05) is 49.4 Å². The van der Waals surface area contributed by atoms with E-state index in [1.54, 1.807) is 31.2 Å². The average molecular weight is 408 g/mol. The number of hydrogen-bond acceptors (Lipinski definition) is 3. The number of nitrogens with one attached hydrogen (secondary N) is 3. The molecule has 0 aliphatic heterocycles. The molecule has 0 bridgehead atoms. The van der Waals surface area contributed by atoms with Crippen LogP contribution >= 0.6 is 0 Å². The van der Waals surface area contributed by atoms with Crippen molar-refractivity contribution in [1.82, 2.24) is 16.0 Å². The van der Waals surface area contributed by atoms with E-state index in [1.807, 2.05) is 50.2 Å². The highest BCUT2D eigenvalue weighted by atomic mass is 16.2. The first kappa shape index (κ1) is 22.9. The lowest BCUT2D eigenvalue weighted by molar-refractivity contribution is -0.126. The summed E-state index contributed by atoms with van der Waals surface area (Å²) in [6, 6.07) is 16.0. The van der Waals surface area contributed by atoms with Crippen molar-refractivity contribution >= 4 is 23.8 Å². The minimum atomic E-state index is -0.685. The van der Waals surface area contributed by atoms with Gasteiger partial charge in [0, 0.05) is 24.2 Å². The van der Waals surface area contributed by atoms with Gasteiger partial charge in [0.1, 0.15) is 6.04 Å². The largest absolute Gasteiger partial charge is 0.350 e. The number of hydrogen-bond donors (Lipinski definition) is 3. The van der Waals surface area contributed by atoms with Crippen LogP contribution < -0.4 is 16.0 Å². The first-order valence-electron chi connectivity index (χ1n) is 10.1. The first-order valence-corrected chi connectivity index (χ1v) is 10.1. The standard InChI is InChI=1S/C24H29N3O3/c1-4-17(2)26-24(30)21-12-8-11-20(15-21)16-25-23(29)18(3)27-22(28)14-13-19-9-6-5-7-10-19/h5-15,17-18H,4,16H2,1-3H3,(H,25,29)(H,26,30)(H,27,28)/b14-13+. The van der Waals surface area contributed by atoms with Gasteiger partial charge in [-0.05, 0) is 49.6 Å². The predicted molar refractivity (Wildman–Crippen MR) is 119 cm³/mol. The molecule has 2 aromatic rings. The Hall–Kier alpha value is -3.41. The van der Waals surface area contributed by atoms with E-state index in [0.29, 0.717) is 5.56 Å². The maximum atomic E-state index is 12.3. The molecule has 0 aliphatic rings. The van der Waals surface area contributed by atoms with Crippen molar-refractivity contribution in [2.24, 2.45) is 0 Å². The zero-order valence-corrected chi connectivity index (χ0v) is 17.6. The summed E-state index contributed by atoms with van der Waals surface area (Å²) in [5.74, 6) is -0.778. The van der Waals surface area contributed by atoms with Crippen molar-refractivity contribution < 1.29 is 14.4 Å². The Labute approximate surface area is 177 Å². The molecule has 3 amide bonds. The lowest BCUT2D eigenvalue weighted by atomic mass is 10.1. The van der Waals surface area contributed by atoms with Crippen molar-refractivity contribution in [2.45, 2.75) is 45.8 Å². The van der Waals surface area contributed by atoms with E-state index in [9.17, 15) is 14.4 Å². The maximum absolute atomic E-state index is 12.3. The third-order valence-electron chi connectivity index (χ3n) is 4.62.